The van der Waals surface area contributed by atoms with E-state index in [4.69, 9.17) is 0 Å². The molecule has 0 unspecified atom stereocenters. The molecule has 0 spiro atoms. The van der Waals surface area contributed by atoms with Gasteiger partial charge in [0, 0.05) is 19.6 Å². The molecule has 3 N–H and O–H groups in total. The minimum absolute atomic E-state index is 0.638. The van der Waals surface area contributed by atoms with Crippen LogP contribution >= 0.6 is 0 Å². The van der Waals surface area contributed by atoms with Gasteiger partial charge in [-0.15, -0.1) is 0 Å². The summed E-state index contributed by atoms with van der Waals surface area (Å²) < 4.78 is 0. The lowest BCUT2D eigenvalue weighted by Crippen LogP contribution is -2.28. The van der Waals surface area contributed by atoms with Crippen molar-refractivity contribution in [2.45, 2.75) is 27.2 Å². The smallest absolute Gasteiger partial charge is 0.226 e. The van der Waals surface area contributed by atoms with E-state index in [1.807, 2.05) is 0 Å². The summed E-state index contributed by atoms with van der Waals surface area (Å²) in [6.07, 6.45) is 2.80. The molecule has 0 aliphatic carbocycles. The topological polar surface area (TPSA) is 81.8 Å². The number of hydrogen-bond donors (Lipinski definition) is 3. The first-order chi connectivity index (χ1) is 10.3. The highest BCUT2D eigenvalue weighted by molar-refractivity contribution is 5.86. The average Bonchev–Trinajstić information content (AvgIpc) is 2.98. The molecule has 0 aliphatic rings. The Kier molecular flexibility index (Phi) is 5.74. The summed E-state index contributed by atoms with van der Waals surface area (Å²) in [6.45, 7) is 11.3. The van der Waals surface area contributed by atoms with Crippen LogP contribution in [0.15, 0.2) is 6.20 Å². The van der Waals surface area contributed by atoms with Gasteiger partial charge in [-0.25, -0.2) is 0 Å². The Balaban J connectivity index is 2.07. The molecule has 7 nitrogen and oxygen atoms in total. The van der Waals surface area contributed by atoms with Crippen molar-refractivity contribution in [3.05, 3.63) is 6.20 Å². The van der Waals surface area contributed by atoms with E-state index in [-0.39, 0.29) is 0 Å². The Morgan fingerprint density at radius 2 is 1.90 bits per heavy atom. The van der Waals surface area contributed by atoms with Crippen molar-refractivity contribution < 1.29 is 0 Å². The van der Waals surface area contributed by atoms with Gasteiger partial charge < -0.3 is 15.5 Å². The van der Waals surface area contributed by atoms with Gasteiger partial charge in [0.1, 0.15) is 5.82 Å². The normalized spacial score (nSPS) is 11.2. The maximum Gasteiger partial charge on any atom is 0.226 e. The molecule has 0 atom stereocenters. The lowest BCUT2D eigenvalue weighted by Gasteiger charge is -2.18. The molecule has 0 saturated carbocycles. The molecular weight excluding hydrogens is 266 g/mol. The van der Waals surface area contributed by atoms with Crippen LogP contribution in [0.5, 0.6) is 0 Å². The summed E-state index contributed by atoms with van der Waals surface area (Å²) in [7, 11) is 0. The first-order valence-electron chi connectivity index (χ1n) is 7.69. The fraction of sp³-hybridized carbons (Fsp3) is 0.643. The van der Waals surface area contributed by atoms with Gasteiger partial charge in [0.25, 0.3) is 0 Å². The van der Waals surface area contributed by atoms with E-state index in [9.17, 15) is 0 Å². The van der Waals surface area contributed by atoms with Crippen LogP contribution in [0.1, 0.15) is 27.2 Å². The summed E-state index contributed by atoms with van der Waals surface area (Å²) in [5, 5.41) is 14.5. The zero-order valence-electron chi connectivity index (χ0n) is 13.1. The van der Waals surface area contributed by atoms with Crippen LogP contribution < -0.4 is 10.6 Å². The number of nitrogens with one attached hydrogen (secondary N) is 3. The van der Waals surface area contributed by atoms with E-state index in [1.54, 1.807) is 6.20 Å². The SMILES string of the molecule is CCCNc1nc(NCCN(CC)CC)c2cn[nH]c2n1. The van der Waals surface area contributed by atoms with Gasteiger partial charge >= 0.3 is 0 Å². The molecular formula is C14H25N7. The lowest BCUT2D eigenvalue weighted by molar-refractivity contribution is 0.316. The van der Waals surface area contributed by atoms with Crippen molar-refractivity contribution >= 4 is 22.8 Å². The van der Waals surface area contributed by atoms with Crippen LogP contribution in [-0.4, -0.2) is 57.8 Å². The number of aromatic nitrogens is 4. The minimum Gasteiger partial charge on any atom is -0.368 e. The number of aromatic amines is 1. The Morgan fingerprint density at radius 3 is 2.62 bits per heavy atom. The molecule has 0 amide bonds. The fourth-order valence-electron chi connectivity index (χ4n) is 2.16. The molecule has 2 aromatic rings. The molecule has 0 bridgehead atoms. The van der Waals surface area contributed by atoms with Gasteiger partial charge in [-0.2, -0.15) is 15.1 Å². The highest BCUT2D eigenvalue weighted by Gasteiger charge is 2.09. The quantitative estimate of drug-likeness (QED) is 0.655. The summed E-state index contributed by atoms with van der Waals surface area (Å²) in [4.78, 5) is 11.3. The molecule has 2 aromatic heterocycles. The second-order valence-electron chi connectivity index (χ2n) is 4.91. The van der Waals surface area contributed by atoms with Crippen molar-refractivity contribution in [2.24, 2.45) is 0 Å². The summed E-state index contributed by atoms with van der Waals surface area (Å²) in [6, 6.07) is 0. The maximum absolute atomic E-state index is 4.55. The Bertz CT molecular complexity index is 547. The average molecular weight is 291 g/mol. The third-order valence-corrected chi connectivity index (χ3v) is 3.46. The highest BCUT2D eigenvalue weighted by Crippen LogP contribution is 2.19. The van der Waals surface area contributed by atoms with Crippen molar-refractivity contribution in [3.8, 4) is 0 Å². The number of fused-ring (bicyclic) bond motifs is 1. The predicted molar refractivity (Wildman–Crippen MR) is 86.7 cm³/mol. The van der Waals surface area contributed by atoms with Gasteiger partial charge in [-0.05, 0) is 19.5 Å². The third-order valence-electron chi connectivity index (χ3n) is 3.46. The third kappa shape index (κ3) is 4.04. The van der Waals surface area contributed by atoms with Crippen LogP contribution in [0.3, 0.4) is 0 Å². The summed E-state index contributed by atoms with van der Waals surface area (Å²) in [5.74, 6) is 1.47. The molecule has 21 heavy (non-hydrogen) atoms. The largest absolute Gasteiger partial charge is 0.368 e. The zero-order chi connectivity index (χ0) is 15.1. The molecule has 0 fully saturated rings. The van der Waals surface area contributed by atoms with E-state index in [1.165, 1.54) is 0 Å². The van der Waals surface area contributed by atoms with E-state index >= 15 is 0 Å². The van der Waals surface area contributed by atoms with Crippen molar-refractivity contribution in [2.75, 3.05) is 43.4 Å². The monoisotopic (exact) mass is 291 g/mol. The molecule has 0 saturated heterocycles. The van der Waals surface area contributed by atoms with Crippen molar-refractivity contribution in [3.63, 3.8) is 0 Å². The summed E-state index contributed by atoms with van der Waals surface area (Å²) in [5.41, 5.74) is 0.758. The minimum atomic E-state index is 0.638. The van der Waals surface area contributed by atoms with Crippen LogP contribution in [0.4, 0.5) is 11.8 Å². The number of nitrogens with zero attached hydrogens (tertiary/aromatic N) is 4. The van der Waals surface area contributed by atoms with Gasteiger partial charge in [-0.1, -0.05) is 20.8 Å². The number of H-pyrrole nitrogens is 1. The van der Waals surface area contributed by atoms with Crippen molar-refractivity contribution in [1.82, 2.24) is 25.1 Å². The molecule has 2 rings (SSSR count). The lowest BCUT2D eigenvalue weighted by atomic mass is 10.4. The Hall–Kier alpha value is -1.89. The predicted octanol–water partition coefficient (Wildman–Crippen LogP) is 1.93. The van der Waals surface area contributed by atoms with E-state index in [2.05, 4.69) is 56.5 Å². The molecule has 7 heteroatoms. The van der Waals surface area contributed by atoms with E-state index in [0.29, 0.717) is 5.95 Å². The first kappa shape index (κ1) is 15.5. The second kappa shape index (κ2) is 7.78. The number of hydrogen-bond acceptors (Lipinski definition) is 6. The second-order valence-corrected chi connectivity index (χ2v) is 4.91. The van der Waals surface area contributed by atoms with Crippen LogP contribution in [0.2, 0.25) is 0 Å². The van der Waals surface area contributed by atoms with Crippen LogP contribution in [-0.2, 0) is 0 Å². The van der Waals surface area contributed by atoms with Crippen LogP contribution in [0, 0.1) is 0 Å². The first-order valence-corrected chi connectivity index (χ1v) is 7.69. The molecule has 116 valence electrons. The number of anilines is 2. The molecule has 2 heterocycles. The Labute approximate surface area is 125 Å². The fourth-order valence-corrected chi connectivity index (χ4v) is 2.16. The van der Waals surface area contributed by atoms with Gasteiger partial charge in [0.15, 0.2) is 5.65 Å². The Morgan fingerprint density at radius 1 is 1.10 bits per heavy atom. The molecule has 0 radical (unpaired) electrons. The van der Waals surface area contributed by atoms with Crippen LogP contribution in [0.25, 0.3) is 11.0 Å². The zero-order valence-corrected chi connectivity index (χ0v) is 13.1. The molecule has 0 aromatic carbocycles. The number of likely N-dealkylation sites (N-methyl/N-ethyl adjacent to an activating group) is 1. The van der Waals surface area contributed by atoms with Crippen molar-refractivity contribution in [1.29, 1.82) is 0 Å². The van der Waals surface area contributed by atoms with E-state index in [0.717, 1.165) is 56.0 Å². The van der Waals surface area contributed by atoms with Gasteiger partial charge in [0.05, 0.1) is 11.6 Å². The van der Waals surface area contributed by atoms with E-state index < -0.39 is 0 Å². The standard InChI is InChI=1S/C14H25N7/c1-4-7-16-14-18-12(11-10-17-20-13(11)19-14)15-8-9-21(5-2)6-3/h10H,4-9H2,1-3H3,(H3,15,16,17,18,19,20). The van der Waals surface area contributed by atoms with Gasteiger partial charge in [-0.3, -0.25) is 5.10 Å². The molecule has 0 aliphatic heterocycles. The highest BCUT2D eigenvalue weighted by atomic mass is 15.2. The summed E-state index contributed by atoms with van der Waals surface area (Å²) >= 11 is 0. The number of rotatable bonds is 9. The maximum atomic E-state index is 4.55. The van der Waals surface area contributed by atoms with Gasteiger partial charge in [0.2, 0.25) is 5.95 Å².